The Morgan fingerprint density at radius 2 is 1.96 bits per heavy atom. The molecule has 136 valence electrons. The summed E-state index contributed by atoms with van der Waals surface area (Å²) in [6.45, 7) is 3.40. The molecule has 1 aromatic rings. The number of carbonyl (C=O) groups excluding carboxylic acids is 1. The molecule has 1 amide bonds. The molecule has 1 aromatic carbocycles. The SMILES string of the molecule is COc1cc(OC)c(C2=NO[C@@H](C(=O)N3CC[NH+](C)CC3)C2)cc1Cl. The van der Waals surface area contributed by atoms with Gasteiger partial charge in [-0.2, -0.15) is 0 Å². The molecule has 0 spiro atoms. The number of ether oxygens (including phenoxy) is 2. The maximum atomic E-state index is 12.6. The zero-order chi connectivity index (χ0) is 18.0. The Morgan fingerprint density at radius 3 is 2.60 bits per heavy atom. The van der Waals surface area contributed by atoms with Crippen molar-refractivity contribution in [3.05, 3.63) is 22.7 Å². The van der Waals surface area contributed by atoms with Crippen LogP contribution in [0, 0.1) is 0 Å². The predicted octanol–water partition coefficient (Wildman–Crippen LogP) is 0.207. The molecular weight excluding hydrogens is 346 g/mol. The molecule has 2 heterocycles. The normalized spacial score (nSPS) is 20.9. The summed E-state index contributed by atoms with van der Waals surface area (Å²) < 4.78 is 10.6. The first-order valence-corrected chi connectivity index (χ1v) is 8.66. The van der Waals surface area contributed by atoms with Crippen LogP contribution in [-0.4, -0.2) is 70.1 Å². The average molecular weight is 369 g/mol. The Labute approximate surface area is 152 Å². The molecule has 0 radical (unpaired) electrons. The van der Waals surface area contributed by atoms with E-state index >= 15 is 0 Å². The Balaban J connectivity index is 1.72. The van der Waals surface area contributed by atoms with Crippen molar-refractivity contribution in [2.45, 2.75) is 12.5 Å². The molecule has 0 aliphatic carbocycles. The number of methoxy groups -OCH3 is 2. The van der Waals surface area contributed by atoms with E-state index in [0.717, 1.165) is 26.2 Å². The number of carbonyl (C=O) groups is 1. The van der Waals surface area contributed by atoms with Gasteiger partial charge in [-0.15, -0.1) is 0 Å². The molecule has 3 rings (SSSR count). The maximum absolute atomic E-state index is 12.6. The lowest BCUT2D eigenvalue weighted by Crippen LogP contribution is -3.12. The second kappa shape index (κ2) is 7.49. The van der Waals surface area contributed by atoms with Crippen molar-refractivity contribution in [2.24, 2.45) is 5.16 Å². The third-order valence-corrected chi connectivity index (χ3v) is 4.95. The zero-order valence-electron chi connectivity index (χ0n) is 14.7. The Bertz CT molecular complexity index is 687. The molecule has 0 bridgehead atoms. The van der Waals surface area contributed by atoms with E-state index in [-0.39, 0.29) is 5.91 Å². The number of likely N-dealkylation sites (N-methyl/N-ethyl adjacent to an activating group) is 1. The highest BCUT2D eigenvalue weighted by atomic mass is 35.5. The molecule has 2 aliphatic heterocycles. The van der Waals surface area contributed by atoms with Crippen LogP contribution in [0.1, 0.15) is 12.0 Å². The van der Waals surface area contributed by atoms with Gasteiger partial charge in [0.25, 0.3) is 5.91 Å². The van der Waals surface area contributed by atoms with E-state index in [1.54, 1.807) is 26.4 Å². The Kier molecular flexibility index (Phi) is 5.34. The molecular formula is C17H23ClN3O4+. The van der Waals surface area contributed by atoms with Gasteiger partial charge in [-0.25, -0.2) is 0 Å². The standard InChI is InChI=1S/C17H22ClN3O4/c1-20-4-6-21(7-5-20)17(22)16-9-13(19-25-16)11-8-12(18)15(24-3)10-14(11)23-2/h8,10,16H,4-7,9H2,1-3H3/p+1/t16-/m1/s1. The molecule has 1 fully saturated rings. The molecule has 25 heavy (non-hydrogen) atoms. The molecule has 8 heteroatoms. The first-order chi connectivity index (χ1) is 12.0. The summed E-state index contributed by atoms with van der Waals surface area (Å²) in [5.74, 6) is 1.10. The molecule has 7 nitrogen and oxygen atoms in total. The quantitative estimate of drug-likeness (QED) is 0.825. The zero-order valence-corrected chi connectivity index (χ0v) is 15.4. The summed E-state index contributed by atoms with van der Waals surface area (Å²) in [6, 6.07) is 3.44. The third kappa shape index (κ3) is 3.67. The van der Waals surface area contributed by atoms with Crippen LogP contribution in [0.15, 0.2) is 17.3 Å². The van der Waals surface area contributed by atoms with Crippen molar-refractivity contribution in [1.29, 1.82) is 0 Å². The van der Waals surface area contributed by atoms with E-state index in [0.29, 0.717) is 34.2 Å². The first kappa shape index (κ1) is 17.8. The number of hydrogen-bond donors (Lipinski definition) is 1. The van der Waals surface area contributed by atoms with Crippen LogP contribution in [0.2, 0.25) is 5.02 Å². The predicted molar refractivity (Wildman–Crippen MR) is 93.8 cm³/mol. The summed E-state index contributed by atoms with van der Waals surface area (Å²) >= 11 is 6.22. The number of nitrogens with zero attached hydrogens (tertiary/aromatic N) is 2. The van der Waals surface area contributed by atoms with Crippen LogP contribution in [0.3, 0.4) is 0 Å². The molecule has 1 atom stereocenters. The van der Waals surface area contributed by atoms with Crippen molar-refractivity contribution < 1.29 is 24.0 Å². The Hall–Kier alpha value is -1.99. The highest BCUT2D eigenvalue weighted by Gasteiger charge is 2.35. The lowest BCUT2D eigenvalue weighted by Gasteiger charge is -2.31. The van der Waals surface area contributed by atoms with Crippen LogP contribution in [0.4, 0.5) is 0 Å². The molecule has 2 aliphatic rings. The number of quaternary nitrogens is 1. The van der Waals surface area contributed by atoms with E-state index in [9.17, 15) is 4.79 Å². The number of piperazine rings is 1. The van der Waals surface area contributed by atoms with Gasteiger partial charge >= 0.3 is 0 Å². The van der Waals surface area contributed by atoms with Gasteiger partial charge in [0.15, 0.2) is 0 Å². The van der Waals surface area contributed by atoms with Crippen LogP contribution in [0.25, 0.3) is 0 Å². The van der Waals surface area contributed by atoms with E-state index in [1.165, 1.54) is 4.90 Å². The lowest BCUT2D eigenvalue weighted by molar-refractivity contribution is -0.883. The summed E-state index contributed by atoms with van der Waals surface area (Å²) in [5, 5.41) is 4.56. The van der Waals surface area contributed by atoms with Gasteiger partial charge in [-0.05, 0) is 6.07 Å². The number of halogens is 1. The highest BCUT2D eigenvalue weighted by molar-refractivity contribution is 6.32. The van der Waals surface area contributed by atoms with E-state index in [4.69, 9.17) is 25.9 Å². The van der Waals surface area contributed by atoms with Gasteiger partial charge in [-0.3, -0.25) is 4.79 Å². The number of amides is 1. The number of oxime groups is 1. The van der Waals surface area contributed by atoms with Crippen molar-refractivity contribution in [2.75, 3.05) is 47.4 Å². The van der Waals surface area contributed by atoms with E-state index in [2.05, 4.69) is 12.2 Å². The second-order valence-corrected chi connectivity index (χ2v) is 6.71. The average Bonchev–Trinajstić information content (AvgIpc) is 3.11. The molecule has 0 unspecified atom stereocenters. The fourth-order valence-electron chi connectivity index (χ4n) is 3.07. The number of hydrogen-bond acceptors (Lipinski definition) is 5. The van der Waals surface area contributed by atoms with Gasteiger partial charge in [0.05, 0.1) is 58.2 Å². The summed E-state index contributed by atoms with van der Waals surface area (Å²) in [7, 11) is 5.25. The van der Waals surface area contributed by atoms with Crippen molar-refractivity contribution in [1.82, 2.24) is 4.90 Å². The van der Waals surface area contributed by atoms with Crippen molar-refractivity contribution in [3.63, 3.8) is 0 Å². The van der Waals surface area contributed by atoms with Gasteiger partial charge in [-0.1, -0.05) is 16.8 Å². The molecule has 0 aromatic heterocycles. The minimum absolute atomic E-state index is 0.00942. The molecule has 0 saturated carbocycles. The molecule has 1 N–H and O–H groups in total. The largest absolute Gasteiger partial charge is 0.496 e. The van der Waals surface area contributed by atoms with Gasteiger partial charge in [0.2, 0.25) is 6.10 Å². The second-order valence-electron chi connectivity index (χ2n) is 6.31. The van der Waals surface area contributed by atoms with Crippen molar-refractivity contribution >= 4 is 23.2 Å². The van der Waals surface area contributed by atoms with Gasteiger partial charge < -0.3 is 24.1 Å². The van der Waals surface area contributed by atoms with Crippen molar-refractivity contribution in [3.8, 4) is 11.5 Å². The maximum Gasteiger partial charge on any atom is 0.267 e. The summed E-state index contributed by atoms with van der Waals surface area (Å²) in [4.78, 5) is 21.4. The van der Waals surface area contributed by atoms with Crippen LogP contribution < -0.4 is 14.4 Å². The lowest BCUT2D eigenvalue weighted by atomic mass is 10.0. The summed E-state index contributed by atoms with van der Waals surface area (Å²) in [5.41, 5.74) is 1.37. The van der Waals surface area contributed by atoms with E-state index < -0.39 is 6.10 Å². The fourth-order valence-corrected chi connectivity index (χ4v) is 3.31. The Morgan fingerprint density at radius 1 is 1.28 bits per heavy atom. The number of nitrogens with one attached hydrogen (secondary N) is 1. The van der Waals surface area contributed by atoms with Gasteiger partial charge in [0.1, 0.15) is 11.5 Å². The highest BCUT2D eigenvalue weighted by Crippen LogP contribution is 2.34. The van der Waals surface area contributed by atoms with Crippen LogP contribution in [0.5, 0.6) is 11.5 Å². The smallest absolute Gasteiger partial charge is 0.267 e. The minimum atomic E-state index is -0.584. The summed E-state index contributed by atoms with van der Waals surface area (Å²) in [6.07, 6.45) is -0.184. The molecule has 1 saturated heterocycles. The topological polar surface area (TPSA) is 64.8 Å². The first-order valence-electron chi connectivity index (χ1n) is 8.28. The van der Waals surface area contributed by atoms with Crippen LogP contribution in [-0.2, 0) is 9.63 Å². The number of rotatable bonds is 4. The van der Waals surface area contributed by atoms with E-state index in [1.807, 2.05) is 4.90 Å². The van der Waals surface area contributed by atoms with Crippen LogP contribution >= 0.6 is 11.6 Å². The monoisotopic (exact) mass is 368 g/mol. The minimum Gasteiger partial charge on any atom is -0.496 e. The fraction of sp³-hybridized carbons (Fsp3) is 0.529. The van der Waals surface area contributed by atoms with Gasteiger partial charge in [0, 0.05) is 18.1 Å². The number of benzene rings is 1. The third-order valence-electron chi connectivity index (χ3n) is 4.66.